The van der Waals surface area contributed by atoms with Crippen LogP contribution in [0.15, 0.2) is 51.7 Å². The van der Waals surface area contributed by atoms with E-state index in [2.05, 4.69) is 10.3 Å². The van der Waals surface area contributed by atoms with E-state index in [1.165, 1.54) is 0 Å². The van der Waals surface area contributed by atoms with Crippen LogP contribution in [0.25, 0.3) is 11.1 Å². The van der Waals surface area contributed by atoms with E-state index in [0.29, 0.717) is 16.7 Å². The summed E-state index contributed by atoms with van der Waals surface area (Å²) in [5.41, 5.74) is 3.24. The van der Waals surface area contributed by atoms with Crippen molar-refractivity contribution in [2.45, 2.75) is 6.92 Å². The van der Waals surface area contributed by atoms with Gasteiger partial charge in [0.1, 0.15) is 0 Å². The molecule has 0 radical (unpaired) electrons. The number of carbonyl (C=O) groups excluding carboxylic acids is 1. The molecule has 3 rings (SSSR count). The molecule has 0 aliphatic heterocycles. The van der Waals surface area contributed by atoms with Crippen molar-refractivity contribution in [2.75, 3.05) is 5.32 Å². The van der Waals surface area contributed by atoms with E-state index in [-0.39, 0.29) is 5.91 Å². The van der Waals surface area contributed by atoms with Gasteiger partial charge in [0.05, 0.1) is 5.52 Å². The Morgan fingerprint density at radius 1 is 1.15 bits per heavy atom. The Morgan fingerprint density at radius 2 is 1.90 bits per heavy atom. The zero-order valence-corrected chi connectivity index (χ0v) is 10.8. The van der Waals surface area contributed by atoms with Crippen molar-refractivity contribution in [1.29, 1.82) is 0 Å². The molecule has 0 aliphatic rings. The predicted octanol–water partition coefficient (Wildman–Crippen LogP) is 2.68. The molecule has 0 saturated heterocycles. The lowest BCUT2D eigenvalue weighted by Crippen LogP contribution is -2.11. The normalized spacial score (nSPS) is 10.7. The van der Waals surface area contributed by atoms with Crippen LogP contribution in [0.3, 0.4) is 0 Å². The first-order chi connectivity index (χ1) is 9.61. The molecule has 0 bridgehead atoms. The van der Waals surface area contributed by atoms with Crippen LogP contribution >= 0.6 is 0 Å². The molecule has 1 amide bonds. The average molecular weight is 268 g/mol. The fourth-order valence-electron chi connectivity index (χ4n) is 1.93. The number of benzene rings is 2. The van der Waals surface area contributed by atoms with Crippen LogP contribution in [0, 0.1) is 6.92 Å². The molecule has 1 heterocycles. The first kappa shape index (κ1) is 12.2. The number of fused-ring (bicyclic) bond motifs is 1. The Kier molecular flexibility index (Phi) is 2.87. The number of anilines is 1. The van der Waals surface area contributed by atoms with E-state index in [9.17, 15) is 9.59 Å². The minimum absolute atomic E-state index is 0.238. The number of aryl methyl sites for hydroxylation is 1. The maximum absolute atomic E-state index is 12.1. The molecular weight excluding hydrogens is 256 g/mol. The van der Waals surface area contributed by atoms with Gasteiger partial charge < -0.3 is 9.73 Å². The van der Waals surface area contributed by atoms with Crippen LogP contribution in [0.4, 0.5) is 5.69 Å². The Morgan fingerprint density at radius 3 is 2.65 bits per heavy atom. The largest absolute Gasteiger partial charge is 0.417 e. The summed E-state index contributed by atoms with van der Waals surface area (Å²) in [6.07, 6.45) is 0. The van der Waals surface area contributed by atoms with E-state index < -0.39 is 5.76 Å². The molecule has 5 heteroatoms. The zero-order valence-electron chi connectivity index (χ0n) is 10.8. The van der Waals surface area contributed by atoms with Gasteiger partial charge in [-0.2, -0.15) is 0 Å². The Bertz CT molecular complexity index is 828. The van der Waals surface area contributed by atoms with Gasteiger partial charge in [-0.25, -0.2) is 4.79 Å². The highest BCUT2D eigenvalue weighted by molar-refractivity contribution is 6.05. The van der Waals surface area contributed by atoms with Crippen molar-refractivity contribution in [3.05, 3.63) is 64.1 Å². The second-order valence-corrected chi connectivity index (χ2v) is 4.55. The molecule has 3 aromatic rings. The maximum atomic E-state index is 12.1. The van der Waals surface area contributed by atoms with Crippen LogP contribution in [0.5, 0.6) is 0 Å². The number of aromatic amines is 1. The third-order valence-electron chi connectivity index (χ3n) is 2.99. The summed E-state index contributed by atoms with van der Waals surface area (Å²) >= 11 is 0. The molecule has 2 N–H and O–H groups in total. The Hall–Kier alpha value is -2.82. The zero-order chi connectivity index (χ0) is 14.1. The number of carbonyl (C=O) groups is 1. The van der Waals surface area contributed by atoms with Crippen LogP contribution in [0.2, 0.25) is 0 Å². The van der Waals surface area contributed by atoms with Crippen LogP contribution in [-0.2, 0) is 0 Å². The van der Waals surface area contributed by atoms with Gasteiger partial charge in [-0.15, -0.1) is 0 Å². The third kappa shape index (κ3) is 2.33. The molecule has 0 fully saturated rings. The number of nitrogens with one attached hydrogen (secondary N) is 2. The van der Waals surface area contributed by atoms with Crippen LogP contribution in [0.1, 0.15) is 15.9 Å². The Labute approximate surface area is 114 Å². The van der Waals surface area contributed by atoms with Gasteiger partial charge in [0.25, 0.3) is 5.91 Å². The van der Waals surface area contributed by atoms with E-state index >= 15 is 0 Å². The summed E-state index contributed by atoms with van der Waals surface area (Å²) in [6, 6.07) is 12.3. The van der Waals surface area contributed by atoms with Crippen molar-refractivity contribution in [3.63, 3.8) is 0 Å². The number of aromatic nitrogens is 1. The van der Waals surface area contributed by atoms with Gasteiger partial charge in [0.15, 0.2) is 5.58 Å². The molecule has 0 atom stereocenters. The van der Waals surface area contributed by atoms with Crippen LogP contribution < -0.4 is 11.1 Å². The topological polar surface area (TPSA) is 75.1 Å². The molecule has 0 saturated carbocycles. The second kappa shape index (κ2) is 4.70. The second-order valence-electron chi connectivity index (χ2n) is 4.55. The van der Waals surface area contributed by atoms with E-state index in [1.807, 2.05) is 31.2 Å². The smallest absolute Gasteiger partial charge is 0.408 e. The van der Waals surface area contributed by atoms with Gasteiger partial charge in [-0.05, 0) is 37.3 Å². The van der Waals surface area contributed by atoms with E-state index in [4.69, 9.17) is 4.42 Å². The molecular formula is C15H12N2O3. The summed E-state index contributed by atoms with van der Waals surface area (Å²) in [6.45, 7) is 1.98. The molecule has 100 valence electrons. The van der Waals surface area contributed by atoms with E-state index in [1.54, 1.807) is 18.2 Å². The standard InChI is InChI=1S/C15H12N2O3/c1-9-2-5-11(6-3-9)16-14(18)10-4-7-13-12(8-10)17-15(19)20-13/h2-8H,1H3,(H,16,18)(H,17,19). The first-order valence-corrected chi connectivity index (χ1v) is 6.13. The van der Waals surface area contributed by atoms with Gasteiger partial charge in [0.2, 0.25) is 0 Å². The van der Waals surface area contributed by atoms with Crippen molar-refractivity contribution in [3.8, 4) is 0 Å². The monoisotopic (exact) mass is 268 g/mol. The lowest BCUT2D eigenvalue weighted by Gasteiger charge is -2.05. The molecule has 2 aromatic carbocycles. The number of hydrogen-bond donors (Lipinski definition) is 2. The fraction of sp³-hybridized carbons (Fsp3) is 0.0667. The lowest BCUT2D eigenvalue weighted by molar-refractivity contribution is 0.102. The summed E-state index contributed by atoms with van der Waals surface area (Å²) in [4.78, 5) is 25.7. The minimum Gasteiger partial charge on any atom is -0.408 e. The van der Waals surface area contributed by atoms with E-state index in [0.717, 1.165) is 11.3 Å². The highest BCUT2D eigenvalue weighted by atomic mass is 16.4. The summed E-state index contributed by atoms with van der Waals surface area (Å²) in [5, 5.41) is 2.80. The molecule has 0 unspecified atom stereocenters. The summed E-state index contributed by atoms with van der Waals surface area (Å²) < 4.78 is 4.89. The lowest BCUT2D eigenvalue weighted by atomic mass is 10.2. The average Bonchev–Trinajstić information content (AvgIpc) is 2.80. The Balaban J connectivity index is 1.88. The minimum atomic E-state index is -0.531. The fourth-order valence-corrected chi connectivity index (χ4v) is 1.93. The van der Waals surface area contributed by atoms with Crippen molar-refractivity contribution in [2.24, 2.45) is 0 Å². The molecule has 20 heavy (non-hydrogen) atoms. The van der Waals surface area contributed by atoms with Crippen molar-refractivity contribution in [1.82, 2.24) is 4.98 Å². The number of rotatable bonds is 2. The quantitative estimate of drug-likeness (QED) is 0.750. The third-order valence-corrected chi connectivity index (χ3v) is 2.99. The number of amides is 1. The van der Waals surface area contributed by atoms with Gasteiger partial charge >= 0.3 is 5.76 Å². The highest BCUT2D eigenvalue weighted by Crippen LogP contribution is 2.15. The predicted molar refractivity (Wildman–Crippen MR) is 76.0 cm³/mol. The van der Waals surface area contributed by atoms with Crippen molar-refractivity contribution >= 4 is 22.7 Å². The van der Waals surface area contributed by atoms with Gasteiger partial charge in [0, 0.05) is 11.3 Å². The number of hydrogen-bond acceptors (Lipinski definition) is 3. The summed E-state index contributed by atoms with van der Waals surface area (Å²) in [7, 11) is 0. The molecule has 0 spiro atoms. The molecule has 0 aliphatic carbocycles. The van der Waals surface area contributed by atoms with Gasteiger partial charge in [-0.1, -0.05) is 17.7 Å². The van der Waals surface area contributed by atoms with Crippen molar-refractivity contribution < 1.29 is 9.21 Å². The summed E-state index contributed by atoms with van der Waals surface area (Å²) in [5.74, 6) is -0.770. The molecule has 1 aromatic heterocycles. The number of oxazole rings is 1. The van der Waals surface area contributed by atoms with Gasteiger partial charge in [-0.3, -0.25) is 9.78 Å². The maximum Gasteiger partial charge on any atom is 0.417 e. The first-order valence-electron chi connectivity index (χ1n) is 6.13. The number of H-pyrrole nitrogens is 1. The SMILES string of the molecule is Cc1ccc(NC(=O)c2ccc3oc(=O)[nH]c3c2)cc1. The van der Waals surface area contributed by atoms with Crippen LogP contribution in [-0.4, -0.2) is 10.9 Å². The highest BCUT2D eigenvalue weighted by Gasteiger charge is 2.09. The molecule has 5 nitrogen and oxygen atoms in total.